The third-order valence-corrected chi connectivity index (χ3v) is 4.35. The Hall–Kier alpha value is -1.00. The molecule has 1 unspecified atom stereocenters. The van der Waals surface area contributed by atoms with Crippen LogP contribution in [-0.4, -0.2) is 36.5 Å². The molecule has 0 aromatic heterocycles. The molecule has 0 saturated carbocycles. The van der Waals surface area contributed by atoms with E-state index in [2.05, 4.69) is 12.2 Å². The smallest absolute Gasteiger partial charge is 0.244 e. The van der Waals surface area contributed by atoms with Crippen LogP contribution in [0.5, 0.6) is 0 Å². The molecule has 1 amide bonds. The van der Waals surface area contributed by atoms with Crippen molar-refractivity contribution in [2.45, 2.75) is 25.8 Å². The fourth-order valence-corrected chi connectivity index (χ4v) is 3.13. The highest BCUT2D eigenvalue weighted by atomic mass is 32.2. The highest BCUT2D eigenvalue weighted by Gasteiger charge is 2.26. The number of benzene rings is 1. The quantitative estimate of drug-likeness (QED) is 0.898. The van der Waals surface area contributed by atoms with Crippen LogP contribution in [0.15, 0.2) is 30.3 Å². The van der Waals surface area contributed by atoms with Crippen LogP contribution in [-0.2, 0) is 4.79 Å². The van der Waals surface area contributed by atoms with Gasteiger partial charge in [0.1, 0.15) is 0 Å². The van der Waals surface area contributed by atoms with Crippen LogP contribution in [0.2, 0.25) is 0 Å². The van der Waals surface area contributed by atoms with Crippen LogP contribution in [0.3, 0.4) is 0 Å². The van der Waals surface area contributed by atoms with E-state index in [-0.39, 0.29) is 11.9 Å². The summed E-state index contributed by atoms with van der Waals surface area (Å²) < 4.78 is 0. The third-order valence-electron chi connectivity index (χ3n) is 3.29. The van der Waals surface area contributed by atoms with Gasteiger partial charge in [-0.15, -0.1) is 0 Å². The van der Waals surface area contributed by atoms with Gasteiger partial charge >= 0.3 is 0 Å². The van der Waals surface area contributed by atoms with Crippen molar-refractivity contribution in [3.8, 4) is 0 Å². The van der Waals surface area contributed by atoms with Crippen LogP contribution in [0, 0.1) is 0 Å². The van der Waals surface area contributed by atoms with E-state index < -0.39 is 0 Å². The molecule has 1 aliphatic heterocycles. The van der Waals surface area contributed by atoms with Crippen molar-refractivity contribution in [3.63, 3.8) is 0 Å². The highest BCUT2D eigenvalue weighted by Crippen LogP contribution is 2.18. The van der Waals surface area contributed by atoms with E-state index in [0.29, 0.717) is 0 Å². The number of nitrogens with one attached hydrogen (secondary N) is 1. The molecule has 1 aromatic rings. The van der Waals surface area contributed by atoms with Crippen molar-refractivity contribution in [1.29, 1.82) is 0 Å². The number of anilines is 1. The summed E-state index contributed by atoms with van der Waals surface area (Å²) in [5.74, 6) is 2.20. The zero-order valence-corrected chi connectivity index (χ0v) is 12.3. The Bertz CT molecular complexity index is 390. The lowest BCUT2D eigenvalue weighted by atomic mass is 10.2. The summed E-state index contributed by atoms with van der Waals surface area (Å²) in [6, 6.07) is 9.97. The lowest BCUT2D eigenvalue weighted by Gasteiger charge is -2.30. The lowest BCUT2D eigenvalue weighted by molar-refractivity contribution is -0.120. The van der Waals surface area contributed by atoms with Crippen molar-refractivity contribution in [2.75, 3.05) is 29.5 Å². The number of nitrogens with zero attached hydrogens (tertiary/aromatic N) is 1. The van der Waals surface area contributed by atoms with Gasteiger partial charge in [0.05, 0.1) is 6.04 Å². The number of carbonyl (C=O) groups is 1. The summed E-state index contributed by atoms with van der Waals surface area (Å²) in [7, 11) is 0. The van der Waals surface area contributed by atoms with E-state index in [9.17, 15) is 4.79 Å². The summed E-state index contributed by atoms with van der Waals surface area (Å²) in [4.78, 5) is 14.6. The molecule has 1 heterocycles. The Balaban J connectivity index is 2.10. The largest absolute Gasteiger partial charge is 0.311 e. The van der Waals surface area contributed by atoms with Crippen LogP contribution in [0.25, 0.3) is 0 Å². The number of unbranched alkanes of at least 4 members (excludes halogenated alkanes) is 1. The molecule has 0 bridgehead atoms. The molecule has 19 heavy (non-hydrogen) atoms. The minimum Gasteiger partial charge on any atom is -0.311 e. The number of rotatable bonds is 5. The van der Waals surface area contributed by atoms with Gasteiger partial charge in [-0.3, -0.25) is 4.79 Å². The average Bonchev–Trinajstić information content (AvgIpc) is 2.49. The van der Waals surface area contributed by atoms with Gasteiger partial charge in [0.15, 0.2) is 0 Å². The van der Waals surface area contributed by atoms with E-state index in [1.165, 1.54) is 0 Å². The Labute approximate surface area is 119 Å². The molecule has 4 heteroatoms. The normalized spacial score (nSPS) is 19.1. The Morgan fingerprint density at radius 1 is 1.42 bits per heavy atom. The summed E-state index contributed by atoms with van der Waals surface area (Å²) in [5.41, 5.74) is 1.01. The van der Waals surface area contributed by atoms with Crippen molar-refractivity contribution in [2.24, 2.45) is 0 Å². The van der Waals surface area contributed by atoms with Gasteiger partial charge in [-0.05, 0) is 18.6 Å². The van der Waals surface area contributed by atoms with Crippen molar-refractivity contribution in [1.82, 2.24) is 5.32 Å². The van der Waals surface area contributed by atoms with Crippen LogP contribution >= 0.6 is 11.8 Å². The highest BCUT2D eigenvalue weighted by molar-refractivity contribution is 7.99. The second-order valence-electron chi connectivity index (χ2n) is 4.76. The first-order valence-corrected chi connectivity index (χ1v) is 8.16. The Morgan fingerprint density at radius 3 is 2.84 bits per heavy atom. The van der Waals surface area contributed by atoms with Gasteiger partial charge in [-0.25, -0.2) is 0 Å². The second-order valence-corrected chi connectivity index (χ2v) is 5.91. The first-order valence-electron chi connectivity index (χ1n) is 7.00. The number of carbonyl (C=O) groups excluding carboxylic acids is 1. The maximum absolute atomic E-state index is 12.7. The van der Waals surface area contributed by atoms with Gasteiger partial charge in [0, 0.05) is 30.3 Å². The minimum absolute atomic E-state index is 0.0317. The van der Waals surface area contributed by atoms with Gasteiger partial charge < -0.3 is 10.2 Å². The SMILES string of the molecule is CCCCN(C(=O)C1CSCCN1)c1ccccc1. The minimum atomic E-state index is -0.0317. The van der Waals surface area contributed by atoms with E-state index >= 15 is 0 Å². The predicted octanol–water partition coefficient (Wildman–Crippen LogP) is 2.52. The molecule has 2 rings (SSSR count). The molecule has 0 radical (unpaired) electrons. The maximum atomic E-state index is 12.7. The number of para-hydroxylation sites is 1. The van der Waals surface area contributed by atoms with Gasteiger partial charge in [0.25, 0.3) is 0 Å². The summed E-state index contributed by atoms with van der Waals surface area (Å²) in [5, 5.41) is 3.33. The van der Waals surface area contributed by atoms with Crippen LogP contribution in [0.1, 0.15) is 19.8 Å². The second kappa shape index (κ2) is 7.56. The monoisotopic (exact) mass is 278 g/mol. The first kappa shape index (κ1) is 14.4. The van der Waals surface area contributed by atoms with Crippen molar-refractivity contribution in [3.05, 3.63) is 30.3 Å². The molecule has 1 fully saturated rings. The number of hydrogen-bond acceptors (Lipinski definition) is 3. The lowest BCUT2D eigenvalue weighted by Crippen LogP contribution is -2.51. The van der Waals surface area contributed by atoms with Crippen LogP contribution < -0.4 is 10.2 Å². The fraction of sp³-hybridized carbons (Fsp3) is 0.533. The Kier molecular flexibility index (Phi) is 5.73. The standard InChI is InChI=1S/C15H22N2OS/c1-2-3-10-17(13-7-5-4-6-8-13)15(18)14-12-19-11-9-16-14/h4-8,14,16H,2-3,9-12H2,1H3. The van der Waals surface area contributed by atoms with E-state index in [1.807, 2.05) is 47.0 Å². The predicted molar refractivity (Wildman–Crippen MR) is 82.8 cm³/mol. The summed E-state index contributed by atoms with van der Waals surface area (Å²) in [6.07, 6.45) is 2.14. The molecular formula is C15H22N2OS. The number of hydrogen-bond donors (Lipinski definition) is 1. The molecule has 0 spiro atoms. The summed E-state index contributed by atoms with van der Waals surface area (Å²) >= 11 is 1.86. The molecule has 1 atom stereocenters. The van der Waals surface area contributed by atoms with Crippen LogP contribution in [0.4, 0.5) is 5.69 Å². The first-order chi connectivity index (χ1) is 9.33. The average molecular weight is 278 g/mol. The molecular weight excluding hydrogens is 256 g/mol. The molecule has 104 valence electrons. The fourth-order valence-electron chi connectivity index (χ4n) is 2.20. The molecule has 3 nitrogen and oxygen atoms in total. The number of thioether (sulfide) groups is 1. The van der Waals surface area contributed by atoms with Crippen molar-refractivity contribution < 1.29 is 4.79 Å². The molecule has 0 aliphatic carbocycles. The van der Waals surface area contributed by atoms with E-state index in [4.69, 9.17) is 0 Å². The molecule has 1 aromatic carbocycles. The molecule has 1 aliphatic rings. The van der Waals surface area contributed by atoms with E-state index in [1.54, 1.807) is 0 Å². The Morgan fingerprint density at radius 2 is 2.21 bits per heavy atom. The molecule has 1 N–H and O–H groups in total. The topological polar surface area (TPSA) is 32.3 Å². The maximum Gasteiger partial charge on any atom is 0.244 e. The van der Waals surface area contributed by atoms with E-state index in [0.717, 1.165) is 43.1 Å². The van der Waals surface area contributed by atoms with Crippen molar-refractivity contribution >= 4 is 23.4 Å². The molecule has 1 saturated heterocycles. The number of amides is 1. The van der Waals surface area contributed by atoms with Gasteiger partial charge in [0.2, 0.25) is 5.91 Å². The van der Waals surface area contributed by atoms with Gasteiger partial charge in [-0.1, -0.05) is 31.5 Å². The third kappa shape index (κ3) is 3.98. The zero-order valence-electron chi connectivity index (χ0n) is 11.5. The van der Waals surface area contributed by atoms with Gasteiger partial charge in [-0.2, -0.15) is 11.8 Å². The summed E-state index contributed by atoms with van der Waals surface area (Å²) in [6.45, 7) is 3.89. The zero-order chi connectivity index (χ0) is 13.5.